The number of hydrogen-bond donors (Lipinski definition) is 4. The molecule has 3 fully saturated rings. The number of primary amides is 1. The number of carbonyl (C=O) groups excluding carboxylic acids is 4. The summed E-state index contributed by atoms with van der Waals surface area (Å²) < 4.78 is 6.19. The Kier molecular flexibility index (Phi) is 27.6. The Hall–Kier alpha value is -3.15. The van der Waals surface area contributed by atoms with Crippen molar-refractivity contribution in [3.05, 3.63) is 57.2 Å². The summed E-state index contributed by atoms with van der Waals surface area (Å²) in [5.74, 6) is 0.459. The van der Waals surface area contributed by atoms with Crippen molar-refractivity contribution in [1.82, 2.24) is 20.2 Å². The lowest BCUT2D eigenvalue weighted by atomic mass is 9.93. The van der Waals surface area contributed by atoms with E-state index in [1.54, 1.807) is 19.1 Å². The summed E-state index contributed by atoms with van der Waals surface area (Å²) in [4.78, 5) is 62.2. The molecule has 3 heterocycles. The monoisotopic (exact) mass is 978 g/mol. The second kappa shape index (κ2) is 29.2. The number of methoxy groups -OCH3 is 1. The first kappa shape index (κ1) is 55.9. The average molecular weight is 979 g/mol. The molecule has 3 amide bonds. The molecule has 2 aliphatic carbocycles. The van der Waals surface area contributed by atoms with Crippen molar-refractivity contribution in [2.45, 2.75) is 137 Å². The van der Waals surface area contributed by atoms with Crippen molar-refractivity contribution in [1.29, 1.82) is 0 Å². The molecule has 1 unspecified atom stereocenters. The van der Waals surface area contributed by atoms with Crippen molar-refractivity contribution in [2.24, 2.45) is 23.0 Å². The number of allylic oxidation sites excluding steroid dienone is 2. The fourth-order valence-electron chi connectivity index (χ4n) is 6.10. The standard InChI is InChI=1S/C14H22N4O2S.C12H21NO.C8H16O.C7H5NOS.C2H6.CH2O.HI.3H2/c1-14(2,3)10-8-21-13(17-10)16-7-11(19)18-6-4-5-9(18)12(15)20;1-3-4-5-6-7-8-10-9-11(10)12(14)13-2;1-7(9-3)6-8(2)4-5-8;9-7-8-5-3-1-2-4-6(5)10-7;2*1-2;;;;/h8-9H,4-7H2,1-3H3,(H2,15,20)(H,16,17);7-8,10-11H,3-6,9H2,1-2H3,(H,13,14);7H,4-6H2,1-3H3;1-4H,(H,8,9);1-2H3;1H2;4*1H/b;8-7-;;;;;;;;/t9-;10-,11+;;;;;;;;/m01......../s1. The highest BCUT2D eigenvalue weighted by Gasteiger charge is 2.40. The molecule has 1 aromatic carbocycles. The van der Waals surface area contributed by atoms with Crippen molar-refractivity contribution in [3.63, 3.8) is 0 Å². The van der Waals surface area contributed by atoms with Crippen molar-refractivity contribution in [2.75, 3.05) is 32.6 Å². The van der Waals surface area contributed by atoms with Gasteiger partial charge in [0.1, 0.15) is 12.8 Å². The first-order valence-corrected chi connectivity index (χ1v) is 22.4. The van der Waals surface area contributed by atoms with Gasteiger partial charge in [-0.2, -0.15) is 0 Å². The summed E-state index contributed by atoms with van der Waals surface area (Å²) in [6, 6.07) is 7.20. The molecule has 0 spiro atoms. The molecule has 1 saturated heterocycles. The summed E-state index contributed by atoms with van der Waals surface area (Å²) >= 11 is 2.72. The Morgan fingerprint density at radius 3 is 2.39 bits per heavy atom. The predicted octanol–water partition coefficient (Wildman–Crippen LogP) is 9.83. The van der Waals surface area contributed by atoms with Gasteiger partial charge in [-0.05, 0) is 81.8 Å². The van der Waals surface area contributed by atoms with Crippen LogP contribution in [0.5, 0.6) is 0 Å². The number of aromatic nitrogens is 2. The number of likely N-dealkylation sites (tertiary alicyclic amines) is 1. The van der Waals surface area contributed by atoms with E-state index in [0.717, 1.165) is 33.9 Å². The Labute approximate surface area is 382 Å². The highest BCUT2D eigenvalue weighted by Crippen LogP contribution is 2.49. The van der Waals surface area contributed by atoms with Gasteiger partial charge in [-0.3, -0.25) is 19.2 Å². The Balaban J connectivity index is -0.000000360. The molecule has 2 aromatic heterocycles. The SMILES string of the molecule is C=O.CC.CC(C)(C)c1csc(NCC(=O)N2CCC[C@H]2C(N)=O)n1.CCCCC/C=C\[C@@H]1C[C@@H]1C(=O)NC.COC(C)CC1(C)CC1.I.O=c1[nH]c2ccccc2s1.[HH].[HH].[HH]. The lowest BCUT2D eigenvalue weighted by molar-refractivity contribution is -0.135. The number of H-pyrrole nitrogens is 1. The Morgan fingerprint density at radius 2 is 1.85 bits per heavy atom. The summed E-state index contributed by atoms with van der Waals surface area (Å²) in [5.41, 5.74) is 7.89. The Morgan fingerprint density at radius 1 is 1.19 bits per heavy atom. The van der Waals surface area contributed by atoms with E-state index in [2.05, 4.69) is 74.3 Å². The van der Waals surface area contributed by atoms with Crippen molar-refractivity contribution in [3.8, 4) is 0 Å². The molecule has 3 aliphatic rings. The molecular formula is C44H79IN6O6S2. The molecule has 2 saturated carbocycles. The molecule has 0 bridgehead atoms. The maximum absolute atomic E-state index is 12.2. The van der Waals surface area contributed by atoms with Gasteiger partial charge in [0.15, 0.2) is 5.13 Å². The number of nitrogens with one attached hydrogen (secondary N) is 3. The third-order valence-electron chi connectivity index (χ3n) is 9.96. The zero-order valence-electron chi connectivity index (χ0n) is 37.2. The highest BCUT2D eigenvalue weighted by molar-refractivity contribution is 14.0. The minimum atomic E-state index is -0.458. The maximum Gasteiger partial charge on any atom is 0.305 e. The number of amides is 3. The van der Waals surface area contributed by atoms with Crippen LogP contribution in [0.1, 0.15) is 130 Å². The molecule has 15 heteroatoms. The number of hydrogen-bond acceptors (Lipinski definition) is 10. The van der Waals surface area contributed by atoms with Gasteiger partial charge >= 0.3 is 4.87 Å². The number of fused-ring (bicyclic) bond motifs is 1. The molecule has 340 valence electrons. The van der Waals surface area contributed by atoms with Gasteiger partial charge < -0.3 is 35.8 Å². The molecule has 1 aliphatic heterocycles. The molecule has 6 rings (SSSR count). The predicted molar refractivity (Wildman–Crippen MR) is 263 cm³/mol. The maximum atomic E-state index is 12.2. The second-order valence-corrected chi connectivity index (χ2v) is 17.8. The van der Waals surface area contributed by atoms with E-state index in [-0.39, 0.29) is 62.8 Å². The zero-order valence-corrected chi connectivity index (χ0v) is 41.2. The van der Waals surface area contributed by atoms with E-state index in [4.69, 9.17) is 15.3 Å². The number of rotatable bonds is 13. The number of anilines is 1. The molecule has 3 aromatic rings. The summed E-state index contributed by atoms with van der Waals surface area (Å²) in [6.45, 7) is 19.7. The van der Waals surface area contributed by atoms with Crippen molar-refractivity contribution >= 4 is 86.5 Å². The first-order valence-electron chi connectivity index (χ1n) is 20.7. The normalized spacial score (nSPS) is 18.5. The van der Waals surface area contributed by atoms with E-state index < -0.39 is 11.9 Å². The van der Waals surface area contributed by atoms with Gasteiger partial charge in [0.25, 0.3) is 0 Å². The third-order valence-corrected chi connectivity index (χ3v) is 11.6. The fourth-order valence-corrected chi connectivity index (χ4v) is 7.77. The van der Waals surface area contributed by atoms with Crippen LogP contribution in [0.4, 0.5) is 5.13 Å². The van der Waals surface area contributed by atoms with Gasteiger partial charge in [-0.25, -0.2) is 4.98 Å². The number of nitrogens with zero attached hydrogens (tertiary/aromatic N) is 2. The quantitative estimate of drug-likeness (QED) is 0.0744. The number of nitrogens with two attached hydrogens (primary N) is 1. The number of carbonyl (C=O) groups is 4. The van der Waals surface area contributed by atoms with Gasteiger partial charge in [-0.15, -0.1) is 35.3 Å². The Bertz CT molecular complexity index is 1710. The zero-order chi connectivity index (χ0) is 43.9. The van der Waals surface area contributed by atoms with E-state index in [1.807, 2.05) is 50.3 Å². The van der Waals surface area contributed by atoms with E-state index in [1.165, 1.54) is 67.6 Å². The fraction of sp³-hybridized carbons (Fsp3) is 0.636. The topological polar surface area (TPSA) is 177 Å². The van der Waals surface area contributed by atoms with Crippen LogP contribution < -0.4 is 21.2 Å². The lowest BCUT2D eigenvalue weighted by Gasteiger charge is -2.22. The van der Waals surface area contributed by atoms with Gasteiger partial charge in [0.2, 0.25) is 17.7 Å². The second-order valence-electron chi connectivity index (χ2n) is 15.9. The largest absolute Gasteiger partial charge is 0.382 e. The number of unbranched alkanes of at least 4 members (excludes halogenated alkanes) is 3. The molecule has 5 N–H and O–H groups in total. The third kappa shape index (κ3) is 21.3. The average Bonchev–Trinajstić information content (AvgIpc) is 3.87. The van der Waals surface area contributed by atoms with E-state index in [9.17, 15) is 19.2 Å². The number of halogens is 1. The summed E-state index contributed by atoms with van der Waals surface area (Å²) in [5, 5.41) is 8.45. The smallest absolute Gasteiger partial charge is 0.305 e. The van der Waals surface area contributed by atoms with Crippen LogP contribution in [0.15, 0.2) is 46.6 Å². The number of para-hydroxylation sites is 1. The van der Waals surface area contributed by atoms with Crippen LogP contribution in [-0.4, -0.2) is 78.8 Å². The van der Waals surface area contributed by atoms with Crippen LogP contribution in [-0.2, 0) is 29.3 Å². The number of ether oxygens (including phenoxy) is 1. The van der Waals surface area contributed by atoms with Crippen LogP contribution in [0.3, 0.4) is 0 Å². The molecule has 12 nitrogen and oxygen atoms in total. The summed E-state index contributed by atoms with van der Waals surface area (Å²) in [7, 11) is 3.50. The first-order chi connectivity index (χ1) is 27.6. The van der Waals surface area contributed by atoms with E-state index >= 15 is 0 Å². The van der Waals surface area contributed by atoms with Gasteiger partial charge in [-0.1, -0.05) is 96.9 Å². The number of thiazole rings is 2. The number of benzene rings is 1. The van der Waals surface area contributed by atoms with Crippen molar-refractivity contribution < 1.29 is 28.2 Å². The van der Waals surface area contributed by atoms with E-state index in [0.29, 0.717) is 30.4 Å². The van der Waals surface area contributed by atoms with Crippen LogP contribution in [0.25, 0.3) is 10.2 Å². The van der Waals surface area contributed by atoms with Gasteiger partial charge in [0.05, 0.1) is 28.6 Å². The van der Waals surface area contributed by atoms with Gasteiger partial charge in [0, 0.05) is 41.7 Å². The molecule has 4 atom stereocenters. The summed E-state index contributed by atoms with van der Waals surface area (Å²) in [6.07, 6.45) is 16.5. The molecular weight excluding hydrogens is 900 g/mol. The van der Waals surface area contributed by atoms with Crippen LogP contribution >= 0.6 is 46.7 Å². The highest BCUT2D eigenvalue weighted by atomic mass is 127. The molecule has 0 radical (unpaired) electrons. The molecule has 59 heavy (non-hydrogen) atoms. The number of aromatic amines is 1. The van der Waals surface area contributed by atoms with Crippen LogP contribution in [0, 0.1) is 17.3 Å². The minimum absolute atomic E-state index is 0. The lowest BCUT2D eigenvalue weighted by Crippen LogP contribution is -2.45. The van der Waals surface area contributed by atoms with Crippen LogP contribution in [0.2, 0.25) is 0 Å². The minimum Gasteiger partial charge on any atom is -0.382 e.